The molecule has 0 spiro atoms. The van der Waals surface area contributed by atoms with Gasteiger partial charge in [-0.1, -0.05) is 48.6 Å². The van der Waals surface area contributed by atoms with Gasteiger partial charge >= 0.3 is 36.0 Å². The fraction of sp³-hybridized carbons (Fsp3) is 0.579. The van der Waals surface area contributed by atoms with Gasteiger partial charge in [-0.15, -0.1) is 0 Å². The molecule has 0 aromatic heterocycles. The fourth-order valence-corrected chi connectivity index (χ4v) is 1.72. The van der Waals surface area contributed by atoms with Crippen molar-refractivity contribution in [2.75, 3.05) is 0 Å². The molecule has 0 N–H and O–H groups in total. The van der Waals surface area contributed by atoms with E-state index in [0.29, 0.717) is 0 Å². The van der Waals surface area contributed by atoms with E-state index in [4.69, 9.17) is 38.9 Å². The fourth-order valence-electron chi connectivity index (χ4n) is 1.72. The zero-order chi connectivity index (χ0) is 32.3. The molecular formula is C19H24F9O9RhS3. The Bertz CT molecular complexity index is 987. The number of rotatable bonds is 0. The van der Waals surface area contributed by atoms with Crippen molar-refractivity contribution in [2.24, 2.45) is 0 Å². The van der Waals surface area contributed by atoms with Crippen molar-refractivity contribution in [2.45, 2.75) is 67.9 Å². The standard InChI is InChI=1S/2C8H12.3CHF3O3S.Rh/c2*1-2-4-6-8-7-5-3-1;3*2-1(3,4)8(5,6)7;/h2*1-2,5,7H,3-4,6,8H2;3*(H,5,6,7);/q;;;;;+3/p-3. The van der Waals surface area contributed by atoms with Gasteiger partial charge in [-0.2, -0.15) is 39.5 Å². The van der Waals surface area contributed by atoms with Gasteiger partial charge in [0.05, 0.1) is 0 Å². The molecule has 0 atom stereocenters. The van der Waals surface area contributed by atoms with E-state index < -0.39 is 46.9 Å². The first kappa shape index (κ1) is 46.6. The predicted molar refractivity (Wildman–Crippen MR) is 121 cm³/mol. The molecule has 0 saturated heterocycles. The maximum atomic E-state index is 10.7. The quantitative estimate of drug-likeness (QED) is 0.102. The topological polar surface area (TPSA) is 172 Å². The van der Waals surface area contributed by atoms with Gasteiger partial charge < -0.3 is 13.7 Å². The molecule has 41 heavy (non-hydrogen) atoms. The third-order valence-electron chi connectivity index (χ3n) is 3.54. The van der Waals surface area contributed by atoms with Crippen LogP contribution in [0.2, 0.25) is 0 Å². The van der Waals surface area contributed by atoms with Crippen LogP contribution >= 0.6 is 0 Å². The number of halogens is 9. The SMILES string of the molecule is C1=CCCCC=CC1.C1=CCCCC=CC1.O=S(=O)([O-])C(F)(F)F.O=S(=O)([O-])C(F)(F)F.O=S(=O)([O-])C(F)(F)F.[Rh+3]. The molecule has 0 heterocycles. The zero-order valence-corrected chi connectivity index (χ0v) is 24.5. The molecule has 2 aliphatic carbocycles. The molecule has 0 fully saturated rings. The molecule has 0 bridgehead atoms. The summed E-state index contributed by atoms with van der Waals surface area (Å²) in [5, 5.41) is 0. The van der Waals surface area contributed by atoms with Crippen LogP contribution in [0.3, 0.4) is 0 Å². The summed E-state index contributed by atoms with van der Waals surface area (Å²) in [5.74, 6) is 0. The number of hydrogen-bond acceptors (Lipinski definition) is 9. The third-order valence-corrected chi connectivity index (χ3v) is 5.25. The summed E-state index contributed by atoms with van der Waals surface area (Å²) < 4.78 is 177. The molecule has 0 saturated carbocycles. The van der Waals surface area contributed by atoms with Crippen molar-refractivity contribution in [3.8, 4) is 0 Å². The van der Waals surface area contributed by atoms with E-state index in [0.717, 1.165) is 12.8 Å². The monoisotopic (exact) mass is 766 g/mol. The van der Waals surface area contributed by atoms with Crippen molar-refractivity contribution in [3.63, 3.8) is 0 Å². The van der Waals surface area contributed by atoms with Crippen LogP contribution in [0.15, 0.2) is 48.6 Å². The first-order chi connectivity index (χ1) is 17.8. The Morgan fingerprint density at radius 2 is 0.561 bits per heavy atom. The normalized spacial score (nSPS) is 16.0. The van der Waals surface area contributed by atoms with E-state index >= 15 is 0 Å². The van der Waals surface area contributed by atoms with Gasteiger partial charge in [-0.05, 0) is 51.4 Å². The van der Waals surface area contributed by atoms with Gasteiger partial charge in [0.1, 0.15) is 0 Å². The molecular weight excluding hydrogens is 742 g/mol. The first-order valence-corrected chi connectivity index (χ1v) is 14.6. The number of alkyl halides is 9. The molecule has 0 amide bonds. The Kier molecular flexibility index (Phi) is 24.3. The van der Waals surface area contributed by atoms with Gasteiger partial charge in [0.25, 0.3) is 0 Å². The molecule has 244 valence electrons. The molecule has 0 aromatic carbocycles. The summed E-state index contributed by atoms with van der Waals surface area (Å²) in [6.45, 7) is 0. The van der Waals surface area contributed by atoms with Crippen LogP contribution in [0.4, 0.5) is 39.5 Å². The summed E-state index contributed by atoms with van der Waals surface area (Å²) in [7, 11) is -18.3. The summed E-state index contributed by atoms with van der Waals surface area (Å²) in [4.78, 5) is 0. The van der Waals surface area contributed by atoms with E-state index in [1.54, 1.807) is 0 Å². The number of allylic oxidation sites excluding steroid dienone is 8. The van der Waals surface area contributed by atoms with Crippen LogP contribution in [0.5, 0.6) is 0 Å². The summed E-state index contributed by atoms with van der Waals surface area (Å²) >= 11 is 0. The third kappa shape index (κ3) is 30.0. The predicted octanol–water partition coefficient (Wildman–Crippen LogP) is 5.50. The second kappa shape index (κ2) is 21.4. The zero-order valence-electron chi connectivity index (χ0n) is 20.4. The molecule has 22 heteroatoms. The maximum Gasteiger partial charge on any atom is 3.00 e. The van der Waals surface area contributed by atoms with E-state index in [1.165, 1.54) is 38.5 Å². The Morgan fingerprint density at radius 1 is 0.415 bits per heavy atom. The van der Waals surface area contributed by atoms with E-state index in [2.05, 4.69) is 48.6 Å². The number of hydrogen-bond donors (Lipinski definition) is 0. The van der Waals surface area contributed by atoms with E-state index in [9.17, 15) is 39.5 Å². The summed E-state index contributed by atoms with van der Waals surface area (Å²) in [5.41, 5.74) is -16.9. The van der Waals surface area contributed by atoms with Crippen molar-refractivity contribution in [1.29, 1.82) is 0 Å². The minimum Gasteiger partial charge on any atom is -0.741 e. The Morgan fingerprint density at radius 3 is 0.683 bits per heavy atom. The molecule has 2 aliphatic rings. The average molecular weight is 766 g/mol. The largest absolute Gasteiger partial charge is 3.00 e. The molecule has 0 unspecified atom stereocenters. The Labute approximate surface area is 244 Å². The van der Waals surface area contributed by atoms with E-state index in [-0.39, 0.29) is 19.5 Å². The van der Waals surface area contributed by atoms with Crippen LogP contribution in [-0.2, 0) is 49.8 Å². The van der Waals surface area contributed by atoms with Gasteiger partial charge in [0.15, 0.2) is 30.4 Å². The molecule has 2 rings (SSSR count). The van der Waals surface area contributed by atoms with Gasteiger partial charge in [0, 0.05) is 0 Å². The van der Waals surface area contributed by atoms with Crippen molar-refractivity contribution >= 4 is 30.4 Å². The molecule has 9 nitrogen and oxygen atoms in total. The van der Waals surface area contributed by atoms with Crippen LogP contribution in [0.25, 0.3) is 0 Å². The van der Waals surface area contributed by atoms with Crippen molar-refractivity contribution in [1.82, 2.24) is 0 Å². The summed E-state index contributed by atoms with van der Waals surface area (Å²) in [6, 6.07) is 0. The maximum absolute atomic E-state index is 10.7. The van der Waals surface area contributed by atoms with Crippen LogP contribution in [0, 0.1) is 0 Å². The average Bonchev–Trinajstić information content (AvgIpc) is 2.64. The molecule has 0 radical (unpaired) electrons. The Balaban J connectivity index is -0.000000207. The van der Waals surface area contributed by atoms with Gasteiger partial charge in [-0.3, -0.25) is 0 Å². The summed E-state index contributed by atoms with van der Waals surface area (Å²) in [6.07, 6.45) is 28.0. The molecule has 0 aromatic rings. The van der Waals surface area contributed by atoms with E-state index in [1.807, 2.05) is 0 Å². The minimum atomic E-state index is -6.09. The smallest absolute Gasteiger partial charge is 0.741 e. The first-order valence-electron chi connectivity index (χ1n) is 10.4. The van der Waals surface area contributed by atoms with Gasteiger partial charge in [-0.25, -0.2) is 25.3 Å². The van der Waals surface area contributed by atoms with Gasteiger partial charge in [0.2, 0.25) is 0 Å². The van der Waals surface area contributed by atoms with Crippen molar-refractivity contribution < 1.29 is 97.9 Å². The Hall–Kier alpha value is -1.32. The van der Waals surface area contributed by atoms with Crippen LogP contribution < -0.4 is 0 Å². The van der Waals surface area contributed by atoms with Crippen LogP contribution in [-0.4, -0.2) is 55.4 Å². The van der Waals surface area contributed by atoms with Crippen LogP contribution in [0.1, 0.15) is 51.4 Å². The molecule has 0 aliphatic heterocycles. The second-order valence-electron chi connectivity index (χ2n) is 6.92. The van der Waals surface area contributed by atoms with Crippen molar-refractivity contribution in [3.05, 3.63) is 48.6 Å². The minimum absolute atomic E-state index is 0. The second-order valence-corrected chi connectivity index (χ2v) is 11.0.